The van der Waals surface area contributed by atoms with Gasteiger partial charge in [0, 0.05) is 43.2 Å². The molecule has 4 rings (SSSR count). The smallest absolute Gasteiger partial charge is 0.175 e. The van der Waals surface area contributed by atoms with Crippen molar-refractivity contribution in [1.82, 2.24) is 10.4 Å². The molecule has 1 aliphatic heterocycles. The van der Waals surface area contributed by atoms with Crippen molar-refractivity contribution in [3.8, 4) is 11.5 Å². The average Bonchev–Trinajstić information content (AvgIpc) is 3.31. The van der Waals surface area contributed by atoms with E-state index in [1.807, 2.05) is 54.6 Å². The van der Waals surface area contributed by atoms with Crippen LogP contribution < -0.4 is 34.5 Å². The second kappa shape index (κ2) is 11.9. The van der Waals surface area contributed by atoms with Crippen LogP contribution >= 0.6 is 20.6 Å². The van der Waals surface area contributed by atoms with Crippen LogP contribution in [0.5, 0.6) is 11.5 Å². The molecule has 9 heteroatoms. The molecule has 1 aliphatic rings. The van der Waals surface area contributed by atoms with E-state index in [1.54, 1.807) is 14.2 Å². The number of thiocarbonyl (C=S) groups is 1. The Bertz CT molecular complexity index is 998. The highest BCUT2D eigenvalue weighted by atomic mass is 32.1. The Morgan fingerprint density at radius 3 is 1.82 bits per heavy atom. The molecule has 178 valence electrons. The number of para-hydroxylation sites is 1. The fourth-order valence-corrected chi connectivity index (χ4v) is 6.09. The van der Waals surface area contributed by atoms with E-state index >= 15 is 0 Å². The van der Waals surface area contributed by atoms with Gasteiger partial charge in [0.05, 0.1) is 14.2 Å². The van der Waals surface area contributed by atoms with Crippen molar-refractivity contribution >= 4 is 42.8 Å². The first-order chi connectivity index (χ1) is 16.7. The molecule has 0 aliphatic carbocycles. The molecule has 0 saturated carbocycles. The molecule has 0 bridgehead atoms. The molecule has 7 nitrogen and oxygen atoms in total. The minimum atomic E-state index is -0.800. The van der Waals surface area contributed by atoms with Crippen molar-refractivity contribution in [2.24, 2.45) is 0 Å². The zero-order valence-corrected chi connectivity index (χ0v) is 21.1. The first-order valence-corrected chi connectivity index (χ1v) is 12.8. The van der Waals surface area contributed by atoms with Gasteiger partial charge in [-0.15, -0.1) is 0 Å². The lowest BCUT2D eigenvalue weighted by Crippen LogP contribution is -2.35. The van der Waals surface area contributed by atoms with Crippen molar-refractivity contribution in [3.63, 3.8) is 0 Å². The number of methoxy groups -OCH3 is 2. The molecule has 0 atom stereocenters. The van der Waals surface area contributed by atoms with Crippen LogP contribution in [0.4, 0.5) is 17.1 Å². The van der Waals surface area contributed by atoms with Crippen LogP contribution in [0.2, 0.25) is 0 Å². The van der Waals surface area contributed by atoms with Crippen LogP contribution in [0.1, 0.15) is 0 Å². The van der Waals surface area contributed by atoms with Crippen LogP contribution in [0.3, 0.4) is 0 Å². The summed E-state index contributed by atoms with van der Waals surface area (Å²) in [4.78, 5) is 0. The number of hydrogen-bond acceptors (Lipinski definition) is 6. The van der Waals surface area contributed by atoms with Gasteiger partial charge in [-0.2, -0.15) is 0 Å². The molecular formula is C25H30N5O2PS. The third-order valence-corrected chi connectivity index (χ3v) is 7.95. The summed E-state index contributed by atoms with van der Waals surface area (Å²) in [6.45, 7) is 3.34. The largest absolute Gasteiger partial charge is 0.497 e. The predicted octanol–water partition coefficient (Wildman–Crippen LogP) is 4.83. The highest BCUT2D eigenvalue weighted by Gasteiger charge is 2.33. The van der Waals surface area contributed by atoms with Gasteiger partial charge in [-0.3, -0.25) is 5.09 Å². The Hall–Kier alpha value is -3.06. The number of ether oxygens (including phenoxy) is 2. The Balaban J connectivity index is 1.41. The number of nitrogens with one attached hydrogen (secondary N) is 3. The monoisotopic (exact) mass is 495 g/mol. The summed E-state index contributed by atoms with van der Waals surface area (Å²) in [6, 6.07) is 26.4. The fourth-order valence-electron chi connectivity index (χ4n) is 3.69. The summed E-state index contributed by atoms with van der Waals surface area (Å²) in [6.07, 6.45) is 0. The number of benzene rings is 3. The summed E-state index contributed by atoms with van der Waals surface area (Å²) in [5.74, 6) is 1.71. The number of nitrogens with zero attached hydrogens (tertiary/aromatic N) is 2. The van der Waals surface area contributed by atoms with Gasteiger partial charge in [0.15, 0.2) is 13.5 Å². The lowest BCUT2D eigenvalue weighted by Gasteiger charge is -2.32. The summed E-state index contributed by atoms with van der Waals surface area (Å²) in [7, 11) is 2.58. The fraction of sp³-hybridized carbons (Fsp3) is 0.240. The predicted molar refractivity (Wildman–Crippen MR) is 146 cm³/mol. The highest BCUT2D eigenvalue weighted by Crippen LogP contribution is 2.50. The zero-order valence-electron chi connectivity index (χ0n) is 19.4. The molecule has 0 spiro atoms. The van der Waals surface area contributed by atoms with Gasteiger partial charge in [-0.1, -0.05) is 18.2 Å². The standard InChI is InChI=1S/C25H30N5O2PS/c1-31-23-12-8-21(9-13-23)29-18-19-30(22-10-14-24(32-2)15-11-22)33(29)27-17-16-26-25(34)28-20-6-4-3-5-7-20/h3-15,27H,16-19H2,1-2H3,(H2,26,28,34). The molecule has 3 N–H and O–H groups in total. The van der Waals surface area contributed by atoms with E-state index in [2.05, 4.69) is 49.3 Å². The summed E-state index contributed by atoms with van der Waals surface area (Å²) in [5, 5.41) is 10.9. The molecule has 0 amide bonds. The second-order valence-electron chi connectivity index (χ2n) is 7.59. The van der Waals surface area contributed by atoms with Gasteiger partial charge in [-0.05, 0) is 72.9 Å². The minimum absolute atomic E-state index is 0.617. The van der Waals surface area contributed by atoms with Crippen molar-refractivity contribution in [1.29, 1.82) is 0 Å². The number of anilines is 3. The molecule has 3 aromatic carbocycles. The highest BCUT2D eigenvalue weighted by molar-refractivity contribution is 7.80. The maximum atomic E-state index is 5.44. The summed E-state index contributed by atoms with van der Waals surface area (Å²) in [5.41, 5.74) is 3.32. The van der Waals surface area contributed by atoms with Gasteiger partial charge in [-0.25, -0.2) is 0 Å². The molecule has 3 aromatic rings. The molecule has 1 fully saturated rings. The molecule has 0 aromatic heterocycles. The first kappa shape index (κ1) is 24.1. The van der Waals surface area contributed by atoms with Crippen molar-refractivity contribution in [2.45, 2.75) is 0 Å². The summed E-state index contributed by atoms with van der Waals surface area (Å²) >= 11 is 5.44. The van der Waals surface area contributed by atoms with Gasteiger partial charge >= 0.3 is 0 Å². The molecule has 34 heavy (non-hydrogen) atoms. The van der Waals surface area contributed by atoms with E-state index < -0.39 is 8.37 Å². The lowest BCUT2D eigenvalue weighted by atomic mass is 10.3. The quantitative estimate of drug-likeness (QED) is 0.222. The second-order valence-corrected chi connectivity index (χ2v) is 9.86. The van der Waals surface area contributed by atoms with Crippen LogP contribution in [-0.2, 0) is 0 Å². The number of rotatable bonds is 9. The van der Waals surface area contributed by atoms with E-state index in [0.717, 1.165) is 36.8 Å². The Morgan fingerprint density at radius 2 is 1.32 bits per heavy atom. The van der Waals surface area contributed by atoms with E-state index in [4.69, 9.17) is 21.7 Å². The topological polar surface area (TPSA) is 61.0 Å². The van der Waals surface area contributed by atoms with E-state index in [0.29, 0.717) is 11.7 Å². The molecule has 0 unspecified atom stereocenters. The van der Waals surface area contributed by atoms with Crippen LogP contribution in [0.15, 0.2) is 78.9 Å². The minimum Gasteiger partial charge on any atom is -0.497 e. The van der Waals surface area contributed by atoms with Gasteiger partial charge < -0.3 is 29.4 Å². The van der Waals surface area contributed by atoms with Crippen LogP contribution in [-0.4, -0.2) is 45.5 Å². The number of hydrogen-bond donors (Lipinski definition) is 3. The van der Waals surface area contributed by atoms with Crippen molar-refractivity contribution in [2.75, 3.05) is 55.1 Å². The Labute approximate surface area is 208 Å². The first-order valence-electron chi connectivity index (χ1n) is 11.1. The SMILES string of the molecule is COc1ccc(N2CCN(c3ccc(OC)cc3)P2NCCNC(=S)Nc2ccccc2)cc1. The molecular weight excluding hydrogens is 465 g/mol. The van der Waals surface area contributed by atoms with E-state index in [-0.39, 0.29) is 0 Å². The lowest BCUT2D eigenvalue weighted by molar-refractivity contribution is 0.414. The van der Waals surface area contributed by atoms with Crippen molar-refractivity contribution < 1.29 is 9.47 Å². The van der Waals surface area contributed by atoms with Gasteiger partial charge in [0.2, 0.25) is 0 Å². The maximum Gasteiger partial charge on any atom is 0.175 e. The summed E-state index contributed by atoms with van der Waals surface area (Å²) < 4.78 is 15.5. The zero-order chi connectivity index (χ0) is 23.8. The van der Waals surface area contributed by atoms with E-state index in [1.165, 1.54) is 11.4 Å². The van der Waals surface area contributed by atoms with Crippen molar-refractivity contribution in [3.05, 3.63) is 78.9 Å². The average molecular weight is 496 g/mol. The van der Waals surface area contributed by atoms with E-state index in [9.17, 15) is 0 Å². The van der Waals surface area contributed by atoms with Gasteiger partial charge in [0.25, 0.3) is 0 Å². The Kier molecular flexibility index (Phi) is 8.41. The normalized spacial score (nSPS) is 13.6. The van der Waals surface area contributed by atoms with Crippen LogP contribution in [0.25, 0.3) is 0 Å². The molecule has 1 saturated heterocycles. The van der Waals surface area contributed by atoms with Gasteiger partial charge in [0.1, 0.15) is 11.5 Å². The molecule has 0 radical (unpaired) electrons. The molecule has 1 heterocycles. The third-order valence-electron chi connectivity index (χ3n) is 5.42. The third kappa shape index (κ3) is 6.08. The van der Waals surface area contributed by atoms with Crippen LogP contribution in [0, 0.1) is 0 Å². The maximum absolute atomic E-state index is 5.44. The Morgan fingerprint density at radius 1 is 0.794 bits per heavy atom.